The minimum Gasteiger partial charge on any atom is -0.376 e. The van der Waals surface area contributed by atoms with Gasteiger partial charge in [-0.1, -0.05) is 37.3 Å². The van der Waals surface area contributed by atoms with Crippen LogP contribution in [0.4, 0.5) is 0 Å². The first-order valence-electron chi connectivity index (χ1n) is 5.02. The lowest BCUT2D eigenvalue weighted by Gasteiger charge is -2.22. The summed E-state index contributed by atoms with van der Waals surface area (Å²) < 4.78 is 5.51. The molecule has 78 valence electrons. The lowest BCUT2D eigenvalue weighted by molar-refractivity contribution is 0.0585. The van der Waals surface area contributed by atoms with Gasteiger partial charge in [-0.05, 0) is 18.5 Å². The van der Waals surface area contributed by atoms with Crippen LogP contribution < -0.4 is 5.32 Å². The number of ether oxygens (including phenoxy) is 1. The van der Waals surface area contributed by atoms with Crippen LogP contribution in [0.3, 0.4) is 0 Å². The number of hydrogen-bond donors (Lipinski definition) is 1. The highest BCUT2D eigenvalue weighted by Gasteiger charge is 2.17. The van der Waals surface area contributed by atoms with E-state index in [0.717, 1.165) is 6.54 Å². The Kier molecular flexibility index (Phi) is 4.63. The van der Waals surface area contributed by atoms with Crippen LogP contribution in [0.5, 0.6) is 0 Å². The average molecular weight is 193 g/mol. The molecule has 0 fully saturated rings. The van der Waals surface area contributed by atoms with E-state index < -0.39 is 0 Å². The van der Waals surface area contributed by atoms with Crippen molar-refractivity contribution in [1.82, 2.24) is 5.32 Å². The Bertz CT molecular complexity index is 248. The van der Waals surface area contributed by atoms with Gasteiger partial charge >= 0.3 is 0 Å². The van der Waals surface area contributed by atoms with Gasteiger partial charge in [0.1, 0.15) is 0 Å². The molecule has 0 spiro atoms. The second-order valence-corrected chi connectivity index (χ2v) is 3.60. The average Bonchev–Trinajstić information content (AvgIpc) is 2.21. The number of rotatable bonds is 5. The molecular formula is C12H19NO. The lowest BCUT2D eigenvalue weighted by Crippen LogP contribution is -2.23. The van der Waals surface area contributed by atoms with Crippen molar-refractivity contribution in [2.24, 2.45) is 5.92 Å². The molecule has 1 aromatic carbocycles. The van der Waals surface area contributed by atoms with Crippen molar-refractivity contribution in [3.63, 3.8) is 0 Å². The molecule has 0 saturated carbocycles. The molecule has 1 N–H and O–H groups in total. The summed E-state index contributed by atoms with van der Waals surface area (Å²) in [5, 5.41) is 3.17. The predicted octanol–water partition coefficient (Wildman–Crippen LogP) is 2.23. The monoisotopic (exact) mass is 193 g/mol. The van der Waals surface area contributed by atoms with Gasteiger partial charge in [-0.2, -0.15) is 0 Å². The van der Waals surface area contributed by atoms with Gasteiger partial charge < -0.3 is 10.1 Å². The smallest absolute Gasteiger partial charge is 0.0858 e. The Labute approximate surface area is 86.3 Å². The molecule has 0 amide bonds. The number of nitrogens with one attached hydrogen (secondary N) is 1. The normalized spacial score (nSPS) is 15.1. The summed E-state index contributed by atoms with van der Waals surface area (Å²) >= 11 is 0. The van der Waals surface area contributed by atoms with Gasteiger partial charge in [-0.15, -0.1) is 0 Å². The van der Waals surface area contributed by atoms with Crippen molar-refractivity contribution >= 4 is 0 Å². The largest absolute Gasteiger partial charge is 0.376 e. The number of benzene rings is 1. The Balaban J connectivity index is 2.71. The van der Waals surface area contributed by atoms with Crippen molar-refractivity contribution in [3.8, 4) is 0 Å². The topological polar surface area (TPSA) is 21.3 Å². The maximum absolute atomic E-state index is 5.51. The molecule has 0 aliphatic rings. The van der Waals surface area contributed by atoms with E-state index in [4.69, 9.17) is 4.74 Å². The quantitative estimate of drug-likeness (QED) is 0.774. The zero-order chi connectivity index (χ0) is 10.4. The van der Waals surface area contributed by atoms with Crippen LogP contribution >= 0.6 is 0 Å². The van der Waals surface area contributed by atoms with E-state index in [9.17, 15) is 0 Å². The summed E-state index contributed by atoms with van der Waals surface area (Å²) in [6, 6.07) is 10.3. The van der Waals surface area contributed by atoms with Crippen LogP contribution in [0.2, 0.25) is 0 Å². The Morgan fingerprint density at radius 3 is 2.43 bits per heavy atom. The standard InChI is InChI=1S/C12H19NO/c1-10(9-13-2)12(14-3)11-7-5-4-6-8-11/h4-8,10,12-13H,9H2,1-3H3/t10?,12-/m0/s1. The van der Waals surface area contributed by atoms with Crippen LogP contribution in [0.25, 0.3) is 0 Å². The molecule has 0 radical (unpaired) electrons. The third-order valence-electron chi connectivity index (χ3n) is 2.42. The zero-order valence-electron chi connectivity index (χ0n) is 9.16. The van der Waals surface area contributed by atoms with E-state index >= 15 is 0 Å². The Hall–Kier alpha value is -0.860. The molecular weight excluding hydrogens is 174 g/mol. The van der Waals surface area contributed by atoms with Crippen molar-refractivity contribution in [2.45, 2.75) is 13.0 Å². The van der Waals surface area contributed by atoms with Crippen molar-refractivity contribution in [1.29, 1.82) is 0 Å². The number of hydrogen-bond acceptors (Lipinski definition) is 2. The minimum absolute atomic E-state index is 0.184. The Morgan fingerprint density at radius 2 is 1.93 bits per heavy atom. The van der Waals surface area contributed by atoms with Crippen LogP contribution in [0, 0.1) is 5.92 Å². The van der Waals surface area contributed by atoms with Gasteiger partial charge in [0.15, 0.2) is 0 Å². The molecule has 0 bridgehead atoms. The third-order valence-corrected chi connectivity index (χ3v) is 2.42. The second kappa shape index (κ2) is 5.78. The summed E-state index contributed by atoms with van der Waals surface area (Å²) in [6.07, 6.45) is 0.184. The fourth-order valence-electron chi connectivity index (χ4n) is 1.77. The summed E-state index contributed by atoms with van der Waals surface area (Å²) in [6.45, 7) is 3.16. The van der Waals surface area contributed by atoms with Crippen molar-refractivity contribution in [3.05, 3.63) is 35.9 Å². The highest BCUT2D eigenvalue weighted by molar-refractivity contribution is 5.18. The van der Waals surface area contributed by atoms with Gasteiger partial charge in [0.25, 0.3) is 0 Å². The fourth-order valence-corrected chi connectivity index (χ4v) is 1.77. The van der Waals surface area contributed by atoms with Crippen molar-refractivity contribution in [2.75, 3.05) is 20.7 Å². The maximum Gasteiger partial charge on any atom is 0.0858 e. The molecule has 2 atom stereocenters. The van der Waals surface area contributed by atoms with Crippen LogP contribution in [-0.2, 0) is 4.74 Å². The van der Waals surface area contributed by atoms with Crippen molar-refractivity contribution < 1.29 is 4.74 Å². The van der Waals surface area contributed by atoms with E-state index in [2.05, 4.69) is 24.4 Å². The van der Waals surface area contributed by atoms with Gasteiger partial charge in [-0.3, -0.25) is 0 Å². The fraction of sp³-hybridized carbons (Fsp3) is 0.500. The summed E-state index contributed by atoms with van der Waals surface area (Å²) in [5.41, 5.74) is 1.25. The maximum atomic E-state index is 5.51. The highest BCUT2D eigenvalue weighted by atomic mass is 16.5. The molecule has 2 heteroatoms. The molecule has 0 saturated heterocycles. The molecule has 1 aromatic rings. The van der Waals surface area contributed by atoms with Crippen LogP contribution in [-0.4, -0.2) is 20.7 Å². The highest BCUT2D eigenvalue weighted by Crippen LogP contribution is 2.24. The SMILES string of the molecule is CNCC(C)[C@H](OC)c1ccccc1. The lowest BCUT2D eigenvalue weighted by atomic mass is 9.97. The van der Waals surface area contributed by atoms with E-state index in [-0.39, 0.29) is 6.10 Å². The zero-order valence-corrected chi connectivity index (χ0v) is 9.16. The molecule has 0 aliphatic heterocycles. The molecule has 1 rings (SSSR count). The van der Waals surface area contributed by atoms with Crippen LogP contribution in [0.15, 0.2) is 30.3 Å². The van der Waals surface area contributed by atoms with E-state index in [1.807, 2.05) is 25.2 Å². The first-order chi connectivity index (χ1) is 6.79. The molecule has 0 aromatic heterocycles. The Morgan fingerprint density at radius 1 is 1.29 bits per heavy atom. The summed E-state index contributed by atoms with van der Waals surface area (Å²) in [5.74, 6) is 0.479. The van der Waals surface area contributed by atoms with Crippen LogP contribution in [0.1, 0.15) is 18.6 Å². The van der Waals surface area contributed by atoms with Gasteiger partial charge in [0.05, 0.1) is 6.10 Å². The molecule has 14 heavy (non-hydrogen) atoms. The predicted molar refractivity (Wildman–Crippen MR) is 59.3 cm³/mol. The first-order valence-corrected chi connectivity index (χ1v) is 5.02. The summed E-state index contributed by atoms with van der Waals surface area (Å²) in [4.78, 5) is 0. The first kappa shape index (κ1) is 11.2. The third kappa shape index (κ3) is 2.82. The molecule has 0 aliphatic carbocycles. The minimum atomic E-state index is 0.184. The van der Waals surface area contributed by atoms with Gasteiger partial charge in [0.2, 0.25) is 0 Å². The number of methoxy groups -OCH3 is 1. The van der Waals surface area contributed by atoms with E-state index in [0.29, 0.717) is 5.92 Å². The molecule has 1 unspecified atom stereocenters. The van der Waals surface area contributed by atoms with E-state index in [1.54, 1.807) is 7.11 Å². The van der Waals surface area contributed by atoms with Gasteiger partial charge in [0, 0.05) is 13.7 Å². The molecule has 2 nitrogen and oxygen atoms in total. The second-order valence-electron chi connectivity index (χ2n) is 3.60. The van der Waals surface area contributed by atoms with Gasteiger partial charge in [-0.25, -0.2) is 0 Å². The summed E-state index contributed by atoms with van der Waals surface area (Å²) in [7, 11) is 3.73. The molecule has 0 heterocycles. The van der Waals surface area contributed by atoms with E-state index in [1.165, 1.54) is 5.56 Å².